The van der Waals surface area contributed by atoms with Crippen LogP contribution in [0.1, 0.15) is 5.56 Å². The molecule has 0 unspecified atom stereocenters. The van der Waals surface area contributed by atoms with Gasteiger partial charge in [-0.1, -0.05) is 30.0 Å². The number of ether oxygens (including phenoxy) is 2. The predicted molar refractivity (Wildman–Crippen MR) is 123 cm³/mol. The second-order valence-electron chi connectivity index (χ2n) is 7.22. The van der Waals surface area contributed by atoms with Crippen molar-refractivity contribution in [2.45, 2.75) is 17.0 Å². The van der Waals surface area contributed by atoms with Crippen LogP contribution in [-0.2, 0) is 14.8 Å². The fourth-order valence-corrected chi connectivity index (χ4v) is 4.64. The Labute approximate surface area is 191 Å². The molecular weight excluding hydrogens is 450 g/mol. The number of nitrogens with two attached hydrogens (primary N) is 1. The monoisotopic (exact) mass is 475 g/mol. The number of anilines is 1. The zero-order chi connectivity index (χ0) is 22.6. The maximum atomic E-state index is 11.4. The molecule has 9 nitrogen and oxygen atoms in total. The number of thioether (sulfide) groups is 1. The van der Waals surface area contributed by atoms with Gasteiger partial charge in [-0.25, -0.2) is 13.6 Å². The standard InChI is InChI=1S/C21H25N5O4S2/c1-16-4-2-3-5-19(16)26-20(25-10-12-29-13-11-25)23-24-21(26)31-15-14-30-17-6-8-18(9-7-17)32(22,27)28/h2-9H,10-15H2,1H3,(H2,22,27,28). The van der Waals surface area contributed by atoms with Gasteiger partial charge in [0.1, 0.15) is 5.75 Å². The van der Waals surface area contributed by atoms with Gasteiger partial charge in [-0.2, -0.15) is 0 Å². The van der Waals surface area contributed by atoms with E-state index in [-0.39, 0.29) is 4.90 Å². The quantitative estimate of drug-likeness (QED) is 0.390. The van der Waals surface area contributed by atoms with Gasteiger partial charge in [0.15, 0.2) is 5.16 Å². The van der Waals surface area contributed by atoms with E-state index < -0.39 is 10.0 Å². The lowest BCUT2D eigenvalue weighted by Gasteiger charge is -2.28. The van der Waals surface area contributed by atoms with E-state index in [1.165, 1.54) is 12.1 Å². The molecule has 0 bridgehead atoms. The lowest BCUT2D eigenvalue weighted by atomic mass is 10.2. The summed E-state index contributed by atoms with van der Waals surface area (Å²) in [4.78, 5) is 2.25. The predicted octanol–water partition coefficient (Wildman–Crippen LogP) is 2.23. The van der Waals surface area contributed by atoms with Crippen molar-refractivity contribution in [3.05, 3.63) is 54.1 Å². The molecule has 1 aromatic heterocycles. The lowest BCUT2D eigenvalue weighted by molar-refractivity contribution is 0.122. The molecule has 1 saturated heterocycles. The van der Waals surface area contributed by atoms with Crippen LogP contribution in [0.3, 0.4) is 0 Å². The third kappa shape index (κ3) is 5.23. The van der Waals surface area contributed by atoms with Gasteiger partial charge in [-0.15, -0.1) is 10.2 Å². The average molecular weight is 476 g/mol. The number of hydrogen-bond acceptors (Lipinski definition) is 8. The van der Waals surface area contributed by atoms with Gasteiger partial charge in [0.25, 0.3) is 0 Å². The zero-order valence-corrected chi connectivity index (χ0v) is 19.3. The van der Waals surface area contributed by atoms with Crippen LogP contribution in [0, 0.1) is 6.92 Å². The Morgan fingerprint density at radius 3 is 2.50 bits per heavy atom. The molecule has 0 aliphatic carbocycles. The molecule has 170 valence electrons. The van der Waals surface area contributed by atoms with Gasteiger partial charge in [-0.05, 0) is 42.8 Å². The molecule has 0 saturated carbocycles. The highest BCUT2D eigenvalue weighted by Gasteiger charge is 2.22. The van der Waals surface area contributed by atoms with Crippen LogP contribution >= 0.6 is 11.8 Å². The Hall–Kier alpha value is -2.60. The summed E-state index contributed by atoms with van der Waals surface area (Å²) >= 11 is 1.55. The Bertz CT molecular complexity index is 1160. The first-order valence-corrected chi connectivity index (χ1v) is 12.7. The molecule has 0 radical (unpaired) electrons. The topological polar surface area (TPSA) is 113 Å². The molecule has 32 heavy (non-hydrogen) atoms. The van der Waals surface area contributed by atoms with Crippen molar-refractivity contribution in [1.82, 2.24) is 14.8 Å². The zero-order valence-electron chi connectivity index (χ0n) is 17.7. The van der Waals surface area contributed by atoms with Gasteiger partial charge in [0, 0.05) is 18.8 Å². The molecule has 1 aliphatic rings. The Morgan fingerprint density at radius 1 is 1.09 bits per heavy atom. The van der Waals surface area contributed by atoms with E-state index in [0.717, 1.165) is 35.4 Å². The number of primary sulfonamides is 1. The molecule has 2 heterocycles. The first-order valence-electron chi connectivity index (χ1n) is 10.2. The summed E-state index contributed by atoms with van der Waals surface area (Å²) in [6.45, 7) is 5.37. The summed E-state index contributed by atoms with van der Waals surface area (Å²) in [5.74, 6) is 2.03. The number of morpholine rings is 1. The minimum absolute atomic E-state index is 0.0567. The summed E-state index contributed by atoms with van der Waals surface area (Å²) in [5, 5.41) is 14.8. The van der Waals surface area contributed by atoms with Crippen molar-refractivity contribution in [1.29, 1.82) is 0 Å². The fraction of sp³-hybridized carbons (Fsp3) is 0.333. The number of rotatable bonds is 8. The molecule has 0 amide bonds. The summed E-state index contributed by atoms with van der Waals surface area (Å²) in [6, 6.07) is 14.2. The van der Waals surface area contributed by atoms with Crippen molar-refractivity contribution in [3.63, 3.8) is 0 Å². The molecule has 0 spiro atoms. The van der Waals surface area contributed by atoms with E-state index in [0.29, 0.717) is 31.3 Å². The number of aryl methyl sites for hydroxylation is 1. The maximum absolute atomic E-state index is 11.4. The van der Waals surface area contributed by atoms with Gasteiger partial charge in [-0.3, -0.25) is 4.57 Å². The number of para-hydroxylation sites is 1. The molecule has 3 aromatic rings. The molecular formula is C21H25N5O4S2. The van der Waals surface area contributed by atoms with Gasteiger partial charge < -0.3 is 14.4 Å². The highest BCUT2D eigenvalue weighted by molar-refractivity contribution is 7.99. The lowest BCUT2D eigenvalue weighted by Crippen LogP contribution is -2.38. The Morgan fingerprint density at radius 2 is 1.81 bits per heavy atom. The summed E-state index contributed by atoms with van der Waals surface area (Å²) < 4.78 is 36.0. The minimum atomic E-state index is -3.71. The van der Waals surface area contributed by atoms with Crippen LogP contribution < -0.4 is 14.8 Å². The van der Waals surface area contributed by atoms with Crippen molar-refractivity contribution >= 4 is 27.7 Å². The number of aromatic nitrogens is 3. The smallest absolute Gasteiger partial charge is 0.238 e. The van der Waals surface area contributed by atoms with E-state index in [1.807, 2.05) is 12.1 Å². The van der Waals surface area contributed by atoms with E-state index in [2.05, 4.69) is 38.7 Å². The molecule has 0 atom stereocenters. The maximum Gasteiger partial charge on any atom is 0.238 e. The highest BCUT2D eigenvalue weighted by atomic mass is 32.2. The summed E-state index contributed by atoms with van der Waals surface area (Å²) in [5.41, 5.74) is 2.18. The minimum Gasteiger partial charge on any atom is -0.493 e. The van der Waals surface area contributed by atoms with E-state index in [9.17, 15) is 8.42 Å². The number of hydrogen-bond donors (Lipinski definition) is 1. The number of sulfonamides is 1. The summed E-state index contributed by atoms with van der Waals surface area (Å²) in [7, 11) is -3.71. The molecule has 1 fully saturated rings. The SMILES string of the molecule is Cc1ccccc1-n1c(SCCOc2ccc(S(N)(=O)=O)cc2)nnc1N1CCOCC1. The van der Waals surface area contributed by atoms with Crippen LogP contribution in [-0.4, -0.2) is 61.8 Å². The van der Waals surface area contributed by atoms with E-state index in [4.69, 9.17) is 14.6 Å². The normalized spacial score (nSPS) is 14.5. The first-order chi connectivity index (χ1) is 15.4. The van der Waals surface area contributed by atoms with Gasteiger partial charge in [0.05, 0.1) is 30.4 Å². The Balaban J connectivity index is 1.46. The summed E-state index contributed by atoms with van der Waals surface area (Å²) in [6.07, 6.45) is 0. The fourth-order valence-electron chi connectivity index (χ4n) is 3.37. The largest absolute Gasteiger partial charge is 0.493 e. The van der Waals surface area contributed by atoms with Crippen LogP contribution in [0.5, 0.6) is 5.75 Å². The van der Waals surface area contributed by atoms with Crippen LogP contribution in [0.15, 0.2) is 58.6 Å². The molecule has 4 rings (SSSR count). The molecule has 1 aliphatic heterocycles. The highest BCUT2D eigenvalue weighted by Crippen LogP contribution is 2.29. The van der Waals surface area contributed by atoms with Crippen molar-refractivity contribution in [2.24, 2.45) is 5.14 Å². The molecule has 11 heteroatoms. The third-order valence-electron chi connectivity index (χ3n) is 5.00. The third-order valence-corrected chi connectivity index (χ3v) is 6.82. The van der Waals surface area contributed by atoms with Crippen molar-refractivity contribution in [3.8, 4) is 11.4 Å². The first kappa shape index (κ1) is 22.6. The van der Waals surface area contributed by atoms with Crippen LogP contribution in [0.2, 0.25) is 0 Å². The van der Waals surface area contributed by atoms with E-state index in [1.54, 1.807) is 23.9 Å². The second-order valence-corrected chi connectivity index (χ2v) is 9.84. The second kappa shape index (κ2) is 9.90. The number of nitrogens with zero attached hydrogens (tertiary/aromatic N) is 4. The van der Waals surface area contributed by atoms with Gasteiger partial charge in [0.2, 0.25) is 16.0 Å². The van der Waals surface area contributed by atoms with Crippen LogP contribution in [0.25, 0.3) is 5.69 Å². The molecule has 2 N–H and O–H groups in total. The van der Waals surface area contributed by atoms with E-state index >= 15 is 0 Å². The van der Waals surface area contributed by atoms with Crippen LogP contribution in [0.4, 0.5) is 5.95 Å². The Kier molecular flexibility index (Phi) is 6.99. The molecule has 2 aromatic carbocycles. The number of benzene rings is 2. The van der Waals surface area contributed by atoms with Crippen molar-refractivity contribution < 1.29 is 17.9 Å². The average Bonchev–Trinajstić information content (AvgIpc) is 3.21. The van der Waals surface area contributed by atoms with Crippen molar-refractivity contribution in [2.75, 3.05) is 43.6 Å². The van der Waals surface area contributed by atoms with Gasteiger partial charge >= 0.3 is 0 Å².